The zero-order valence-electron chi connectivity index (χ0n) is 11.6. The number of rotatable bonds is 6. The van der Waals surface area contributed by atoms with Crippen molar-refractivity contribution < 1.29 is 14.8 Å². The number of nitrogens with one attached hydrogen (secondary N) is 2. The average molecular weight is 293 g/mol. The van der Waals surface area contributed by atoms with Crippen LogP contribution in [-0.4, -0.2) is 35.1 Å². The summed E-state index contributed by atoms with van der Waals surface area (Å²) in [6, 6.07) is 6.37. The standard InChI is InChI=1S/C14H19N3O4/c18-13-7-3-4-10(13)14(19)16-9-8-15-11-5-1-2-6-12(11)17(20)21/h1-2,5-6,10,13,15,18H,3-4,7-9H2,(H,16,19). The van der Waals surface area contributed by atoms with Gasteiger partial charge in [-0.05, 0) is 25.3 Å². The Morgan fingerprint density at radius 1 is 1.33 bits per heavy atom. The van der Waals surface area contributed by atoms with Gasteiger partial charge >= 0.3 is 0 Å². The van der Waals surface area contributed by atoms with E-state index < -0.39 is 11.0 Å². The zero-order chi connectivity index (χ0) is 15.2. The Labute approximate surface area is 122 Å². The van der Waals surface area contributed by atoms with Crippen molar-refractivity contribution in [1.82, 2.24) is 5.32 Å². The summed E-state index contributed by atoms with van der Waals surface area (Å²) in [6.45, 7) is 0.744. The molecule has 7 nitrogen and oxygen atoms in total. The number of aliphatic hydroxyl groups excluding tert-OH is 1. The van der Waals surface area contributed by atoms with Crippen LogP contribution in [0, 0.1) is 16.0 Å². The Kier molecular flexibility index (Phi) is 5.10. The first kappa shape index (κ1) is 15.2. The minimum Gasteiger partial charge on any atom is -0.392 e. The van der Waals surface area contributed by atoms with Crippen molar-refractivity contribution in [2.24, 2.45) is 5.92 Å². The molecule has 1 aliphatic carbocycles. The summed E-state index contributed by atoms with van der Waals surface area (Å²) in [5, 5.41) is 26.2. The predicted octanol–water partition coefficient (Wildman–Crippen LogP) is 1.28. The van der Waals surface area contributed by atoms with Crippen molar-refractivity contribution >= 4 is 17.3 Å². The summed E-state index contributed by atoms with van der Waals surface area (Å²) < 4.78 is 0. The van der Waals surface area contributed by atoms with Gasteiger partial charge in [0.05, 0.1) is 16.9 Å². The smallest absolute Gasteiger partial charge is 0.292 e. The largest absolute Gasteiger partial charge is 0.392 e. The second-order valence-electron chi connectivity index (χ2n) is 5.10. The highest BCUT2D eigenvalue weighted by Gasteiger charge is 2.30. The van der Waals surface area contributed by atoms with E-state index in [-0.39, 0.29) is 17.5 Å². The number of carbonyl (C=O) groups excluding carboxylic acids is 1. The number of nitro groups is 1. The number of hydrogen-bond donors (Lipinski definition) is 3. The van der Waals surface area contributed by atoms with Gasteiger partial charge in [0.25, 0.3) is 5.69 Å². The van der Waals surface area contributed by atoms with Gasteiger partial charge in [-0.15, -0.1) is 0 Å². The van der Waals surface area contributed by atoms with Crippen LogP contribution in [0.25, 0.3) is 0 Å². The highest BCUT2D eigenvalue weighted by atomic mass is 16.6. The summed E-state index contributed by atoms with van der Waals surface area (Å²) in [6.07, 6.45) is 1.71. The maximum Gasteiger partial charge on any atom is 0.292 e. The molecule has 21 heavy (non-hydrogen) atoms. The number of nitrogens with zero attached hydrogens (tertiary/aromatic N) is 1. The molecule has 2 unspecified atom stereocenters. The number of amides is 1. The lowest BCUT2D eigenvalue weighted by molar-refractivity contribution is -0.384. The number of nitro benzene ring substituents is 1. The molecular weight excluding hydrogens is 274 g/mol. The average Bonchev–Trinajstić information content (AvgIpc) is 2.90. The van der Waals surface area contributed by atoms with Gasteiger partial charge in [-0.3, -0.25) is 14.9 Å². The van der Waals surface area contributed by atoms with Crippen molar-refractivity contribution in [2.45, 2.75) is 25.4 Å². The fourth-order valence-corrected chi connectivity index (χ4v) is 2.54. The molecular formula is C14H19N3O4. The lowest BCUT2D eigenvalue weighted by atomic mass is 10.1. The second-order valence-corrected chi connectivity index (χ2v) is 5.10. The molecule has 0 radical (unpaired) electrons. The molecule has 3 N–H and O–H groups in total. The lowest BCUT2D eigenvalue weighted by Crippen LogP contribution is -2.37. The summed E-state index contributed by atoms with van der Waals surface area (Å²) in [5.74, 6) is -0.472. The molecule has 2 atom stereocenters. The Morgan fingerprint density at radius 2 is 2.10 bits per heavy atom. The fourth-order valence-electron chi connectivity index (χ4n) is 2.54. The molecule has 1 aliphatic rings. The molecule has 0 saturated heterocycles. The van der Waals surface area contributed by atoms with E-state index in [1.807, 2.05) is 0 Å². The lowest BCUT2D eigenvalue weighted by Gasteiger charge is -2.14. The third kappa shape index (κ3) is 3.91. The van der Waals surface area contributed by atoms with Gasteiger partial charge in [0, 0.05) is 19.2 Å². The topological polar surface area (TPSA) is 104 Å². The molecule has 1 amide bonds. The zero-order valence-corrected chi connectivity index (χ0v) is 11.6. The molecule has 0 bridgehead atoms. The Bertz CT molecular complexity index is 521. The van der Waals surface area contributed by atoms with Crippen LogP contribution in [-0.2, 0) is 4.79 Å². The van der Waals surface area contributed by atoms with E-state index >= 15 is 0 Å². The van der Waals surface area contributed by atoms with Gasteiger partial charge < -0.3 is 15.7 Å². The molecule has 1 fully saturated rings. The molecule has 1 aromatic carbocycles. The van der Waals surface area contributed by atoms with Gasteiger partial charge in [0.15, 0.2) is 0 Å². The fraction of sp³-hybridized carbons (Fsp3) is 0.500. The van der Waals surface area contributed by atoms with E-state index in [0.717, 1.165) is 6.42 Å². The Morgan fingerprint density at radius 3 is 2.76 bits per heavy atom. The van der Waals surface area contributed by atoms with E-state index in [9.17, 15) is 20.0 Å². The van der Waals surface area contributed by atoms with Crippen LogP contribution >= 0.6 is 0 Å². The highest BCUT2D eigenvalue weighted by Crippen LogP contribution is 2.25. The van der Waals surface area contributed by atoms with Crippen molar-refractivity contribution in [3.63, 3.8) is 0 Å². The Hall–Kier alpha value is -2.15. The predicted molar refractivity (Wildman–Crippen MR) is 77.9 cm³/mol. The summed E-state index contributed by atoms with van der Waals surface area (Å²) in [7, 11) is 0. The number of anilines is 1. The second kappa shape index (κ2) is 7.03. The van der Waals surface area contributed by atoms with Crippen molar-refractivity contribution in [3.8, 4) is 0 Å². The van der Waals surface area contributed by atoms with E-state index in [1.54, 1.807) is 18.2 Å². The van der Waals surface area contributed by atoms with Crippen LogP contribution in [0.3, 0.4) is 0 Å². The molecule has 7 heteroatoms. The normalized spacial score (nSPS) is 21.0. The van der Waals surface area contributed by atoms with Gasteiger partial charge in [-0.1, -0.05) is 12.1 Å². The van der Waals surface area contributed by atoms with E-state index in [1.165, 1.54) is 6.07 Å². The summed E-state index contributed by atoms with van der Waals surface area (Å²) in [4.78, 5) is 22.2. The first-order valence-corrected chi connectivity index (χ1v) is 7.02. The van der Waals surface area contributed by atoms with Gasteiger partial charge in [-0.25, -0.2) is 0 Å². The number of carbonyl (C=O) groups is 1. The third-order valence-electron chi connectivity index (χ3n) is 3.66. The highest BCUT2D eigenvalue weighted by molar-refractivity contribution is 5.79. The molecule has 114 valence electrons. The van der Waals surface area contributed by atoms with Crippen molar-refractivity contribution in [3.05, 3.63) is 34.4 Å². The first-order chi connectivity index (χ1) is 10.1. The van der Waals surface area contributed by atoms with Crippen LogP contribution in [0.15, 0.2) is 24.3 Å². The quantitative estimate of drug-likeness (QED) is 0.416. The van der Waals surface area contributed by atoms with Gasteiger partial charge in [0.2, 0.25) is 5.91 Å². The summed E-state index contributed by atoms with van der Waals surface area (Å²) in [5.41, 5.74) is 0.438. The minimum absolute atomic E-state index is 0.00930. The SMILES string of the molecule is O=C(NCCNc1ccccc1[N+](=O)[O-])C1CCCC1O. The van der Waals surface area contributed by atoms with Crippen molar-refractivity contribution in [1.29, 1.82) is 0 Å². The van der Waals surface area contributed by atoms with E-state index in [2.05, 4.69) is 10.6 Å². The van der Waals surface area contributed by atoms with Crippen molar-refractivity contribution in [2.75, 3.05) is 18.4 Å². The molecule has 0 aliphatic heterocycles. The third-order valence-corrected chi connectivity index (χ3v) is 3.66. The molecule has 0 heterocycles. The van der Waals surface area contributed by atoms with Gasteiger partial charge in [0.1, 0.15) is 5.69 Å². The number of benzene rings is 1. The van der Waals surface area contributed by atoms with Crippen LogP contribution in [0.5, 0.6) is 0 Å². The summed E-state index contributed by atoms with van der Waals surface area (Å²) >= 11 is 0. The Balaban J connectivity index is 1.77. The van der Waals surface area contributed by atoms with Crippen LogP contribution < -0.4 is 10.6 Å². The van der Waals surface area contributed by atoms with Gasteiger partial charge in [-0.2, -0.15) is 0 Å². The maximum absolute atomic E-state index is 11.8. The van der Waals surface area contributed by atoms with E-state index in [0.29, 0.717) is 31.6 Å². The monoisotopic (exact) mass is 293 g/mol. The number of para-hydroxylation sites is 2. The van der Waals surface area contributed by atoms with Crippen LogP contribution in [0.4, 0.5) is 11.4 Å². The molecule has 2 rings (SSSR count). The molecule has 1 aromatic rings. The first-order valence-electron chi connectivity index (χ1n) is 7.02. The molecule has 0 spiro atoms. The van der Waals surface area contributed by atoms with Crippen LogP contribution in [0.2, 0.25) is 0 Å². The molecule has 0 aromatic heterocycles. The van der Waals surface area contributed by atoms with Crippen LogP contribution in [0.1, 0.15) is 19.3 Å². The maximum atomic E-state index is 11.8. The molecule has 1 saturated carbocycles. The number of aliphatic hydroxyl groups is 1. The number of hydrogen-bond acceptors (Lipinski definition) is 5. The van der Waals surface area contributed by atoms with E-state index in [4.69, 9.17) is 0 Å². The minimum atomic E-state index is -0.548.